The van der Waals surface area contributed by atoms with Gasteiger partial charge in [-0.15, -0.1) is 0 Å². The van der Waals surface area contributed by atoms with E-state index in [9.17, 15) is 0 Å². The van der Waals surface area contributed by atoms with Crippen molar-refractivity contribution in [1.29, 1.82) is 0 Å². The van der Waals surface area contributed by atoms with Crippen LogP contribution in [-0.2, 0) is 4.43 Å². The topological polar surface area (TPSA) is 9.23 Å². The Balaban J connectivity index is 2.62. The van der Waals surface area contributed by atoms with E-state index in [4.69, 9.17) is 4.43 Å². The molecule has 0 N–H and O–H groups in total. The molecule has 0 aromatic heterocycles. The molecule has 0 radical (unpaired) electrons. The summed E-state index contributed by atoms with van der Waals surface area (Å²) in [4.78, 5) is 0. The molecule has 2 heteroatoms. The molecule has 1 rings (SSSR count). The first-order valence-electron chi connectivity index (χ1n) is 6.75. The largest absolute Gasteiger partial charge is 0.550 e. The van der Waals surface area contributed by atoms with E-state index < -0.39 is 9.04 Å². The fraction of sp³-hybridized carbons (Fsp3) is 0.857. The van der Waals surface area contributed by atoms with Crippen LogP contribution in [0.4, 0.5) is 0 Å². The molecule has 0 heterocycles. The van der Waals surface area contributed by atoms with Crippen LogP contribution in [0.5, 0.6) is 0 Å². The molecule has 0 amide bonds. The van der Waals surface area contributed by atoms with E-state index in [0.717, 1.165) is 5.92 Å². The highest BCUT2D eigenvalue weighted by atomic mass is 28.3. The van der Waals surface area contributed by atoms with Crippen LogP contribution in [-0.4, -0.2) is 9.04 Å². The minimum Gasteiger partial charge on any atom is -0.550 e. The molecule has 0 aromatic carbocycles. The van der Waals surface area contributed by atoms with E-state index in [0.29, 0.717) is 5.41 Å². The molecule has 0 spiro atoms. The quantitative estimate of drug-likeness (QED) is 0.646. The normalized spacial score (nSPS) is 26.9. The van der Waals surface area contributed by atoms with Crippen LogP contribution in [0.3, 0.4) is 0 Å². The van der Waals surface area contributed by atoms with E-state index in [-0.39, 0.29) is 0 Å². The molecule has 0 aromatic rings. The van der Waals surface area contributed by atoms with Gasteiger partial charge in [0.2, 0.25) is 9.04 Å². The molecule has 0 bridgehead atoms. The van der Waals surface area contributed by atoms with Crippen LogP contribution >= 0.6 is 0 Å². The molecule has 1 aliphatic rings. The van der Waals surface area contributed by atoms with E-state index in [2.05, 4.69) is 39.9 Å². The highest BCUT2D eigenvalue weighted by Gasteiger charge is 2.24. The maximum atomic E-state index is 5.99. The summed E-state index contributed by atoms with van der Waals surface area (Å²) in [6.45, 7) is 11.6. The fourth-order valence-corrected chi connectivity index (χ4v) is 3.20. The Morgan fingerprint density at radius 3 is 2.50 bits per heavy atom. The first-order valence-corrected chi connectivity index (χ1v) is 9.53. The second-order valence-electron chi connectivity index (χ2n) is 6.38. The lowest BCUT2D eigenvalue weighted by atomic mass is 9.75. The summed E-state index contributed by atoms with van der Waals surface area (Å²) in [7, 11) is -0.909. The van der Waals surface area contributed by atoms with Crippen molar-refractivity contribution in [2.75, 3.05) is 0 Å². The minimum absolute atomic E-state index is 0.439. The lowest BCUT2D eigenvalue weighted by Gasteiger charge is -2.31. The number of rotatable bonds is 2. The predicted octanol–water partition coefficient (Wildman–Crippen LogP) is 4.50. The number of allylic oxidation sites excluding steroid dienone is 2. The average Bonchev–Trinajstić information content (AvgIpc) is 2.06. The van der Waals surface area contributed by atoms with E-state index in [1.54, 1.807) is 0 Å². The van der Waals surface area contributed by atoms with Crippen molar-refractivity contribution in [2.24, 2.45) is 11.3 Å². The van der Waals surface area contributed by atoms with Crippen molar-refractivity contribution < 1.29 is 4.43 Å². The molecule has 1 nitrogen and oxygen atoms in total. The van der Waals surface area contributed by atoms with E-state index in [1.807, 2.05) is 0 Å². The smallest absolute Gasteiger partial charge is 0.229 e. The van der Waals surface area contributed by atoms with E-state index in [1.165, 1.54) is 37.9 Å². The van der Waals surface area contributed by atoms with Gasteiger partial charge in [-0.25, -0.2) is 0 Å². The third kappa shape index (κ3) is 4.73. The SMILES string of the molecule is C[SiH](C)O/C1=C/CC(C(C)(C)C)CCCC1. The molecule has 0 fully saturated rings. The van der Waals surface area contributed by atoms with Crippen LogP contribution in [0, 0.1) is 11.3 Å². The second kappa shape index (κ2) is 5.90. The zero-order valence-electron chi connectivity index (χ0n) is 11.7. The molecule has 0 saturated heterocycles. The van der Waals surface area contributed by atoms with Gasteiger partial charge in [0.25, 0.3) is 0 Å². The molecule has 1 aliphatic carbocycles. The van der Waals surface area contributed by atoms with Crippen LogP contribution in [0.1, 0.15) is 52.9 Å². The Bertz CT molecular complexity index is 238. The van der Waals surface area contributed by atoms with Crippen molar-refractivity contribution in [3.63, 3.8) is 0 Å². The summed E-state index contributed by atoms with van der Waals surface area (Å²) < 4.78 is 5.99. The lowest BCUT2D eigenvalue weighted by Crippen LogP contribution is -2.21. The van der Waals surface area contributed by atoms with Gasteiger partial charge in [0.1, 0.15) is 0 Å². The molecular weight excluding hydrogens is 212 g/mol. The van der Waals surface area contributed by atoms with Gasteiger partial charge in [0.05, 0.1) is 5.76 Å². The standard InChI is InChI=1S/C14H28OSi/c1-14(2,3)12-8-6-7-9-13(11-10-12)15-16(4)5/h11-12,16H,6-10H2,1-5H3/b13-11+. The van der Waals surface area contributed by atoms with Crippen molar-refractivity contribution in [2.45, 2.75) is 66.0 Å². The van der Waals surface area contributed by atoms with Crippen molar-refractivity contribution in [3.8, 4) is 0 Å². The lowest BCUT2D eigenvalue weighted by molar-refractivity contribution is 0.215. The van der Waals surface area contributed by atoms with Gasteiger partial charge in [0.15, 0.2) is 0 Å². The Morgan fingerprint density at radius 2 is 1.94 bits per heavy atom. The first kappa shape index (κ1) is 13.8. The summed E-state index contributed by atoms with van der Waals surface area (Å²) in [5.41, 5.74) is 0.439. The third-order valence-electron chi connectivity index (χ3n) is 3.47. The monoisotopic (exact) mass is 240 g/mol. The van der Waals surface area contributed by atoms with Crippen LogP contribution in [0.2, 0.25) is 13.1 Å². The van der Waals surface area contributed by atoms with Crippen LogP contribution in [0.15, 0.2) is 11.8 Å². The fourth-order valence-electron chi connectivity index (χ4n) is 2.38. The second-order valence-corrected chi connectivity index (χ2v) is 8.71. The summed E-state index contributed by atoms with van der Waals surface area (Å²) in [5, 5.41) is 0. The highest BCUT2D eigenvalue weighted by Crippen LogP contribution is 2.35. The maximum absolute atomic E-state index is 5.99. The van der Waals surface area contributed by atoms with Gasteiger partial charge in [0, 0.05) is 6.42 Å². The number of hydrogen-bond donors (Lipinski definition) is 0. The van der Waals surface area contributed by atoms with Crippen molar-refractivity contribution in [3.05, 3.63) is 11.8 Å². The zero-order valence-corrected chi connectivity index (χ0v) is 12.8. The Hall–Kier alpha value is -0.243. The van der Waals surface area contributed by atoms with Gasteiger partial charge in [-0.1, -0.05) is 27.2 Å². The van der Waals surface area contributed by atoms with Gasteiger partial charge >= 0.3 is 0 Å². The summed E-state index contributed by atoms with van der Waals surface area (Å²) in [6.07, 6.45) is 8.80. The van der Waals surface area contributed by atoms with Gasteiger partial charge < -0.3 is 4.43 Å². The van der Waals surface area contributed by atoms with Crippen LogP contribution in [0.25, 0.3) is 0 Å². The summed E-state index contributed by atoms with van der Waals surface area (Å²) >= 11 is 0. The third-order valence-corrected chi connectivity index (χ3v) is 4.24. The first-order chi connectivity index (χ1) is 7.39. The molecule has 0 aliphatic heterocycles. The molecule has 1 atom stereocenters. The van der Waals surface area contributed by atoms with Gasteiger partial charge in [-0.05, 0) is 49.8 Å². The molecule has 0 saturated carbocycles. The Kier molecular flexibility index (Phi) is 5.10. The van der Waals surface area contributed by atoms with Crippen LogP contribution < -0.4 is 0 Å². The summed E-state index contributed by atoms with van der Waals surface area (Å²) in [5.74, 6) is 2.11. The van der Waals surface area contributed by atoms with Crippen molar-refractivity contribution in [1.82, 2.24) is 0 Å². The molecule has 94 valence electrons. The van der Waals surface area contributed by atoms with Gasteiger partial charge in [-0.3, -0.25) is 0 Å². The predicted molar refractivity (Wildman–Crippen MR) is 74.1 cm³/mol. The summed E-state index contributed by atoms with van der Waals surface area (Å²) in [6, 6.07) is 0. The highest BCUT2D eigenvalue weighted by molar-refractivity contribution is 6.48. The Labute approximate surface area is 103 Å². The van der Waals surface area contributed by atoms with Gasteiger partial charge in [-0.2, -0.15) is 0 Å². The zero-order chi connectivity index (χ0) is 12.2. The molecule has 1 unspecified atom stereocenters. The minimum atomic E-state index is -0.909. The average molecular weight is 240 g/mol. The van der Waals surface area contributed by atoms with E-state index >= 15 is 0 Å². The number of hydrogen-bond acceptors (Lipinski definition) is 1. The molecular formula is C14H28OSi. The maximum Gasteiger partial charge on any atom is 0.229 e. The Morgan fingerprint density at radius 1 is 1.25 bits per heavy atom. The molecule has 16 heavy (non-hydrogen) atoms. The van der Waals surface area contributed by atoms with Crippen molar-refractivity contribution >= 4 is 9.04 Å².